The quantitative estimate of drug-likeness (QED) is 0.841. The predicted molar refractivity (Wildman–Crippen MR) is 90.2 cm³/mol. The first-order valence-electron chi connectivity index (χ1n) is 8.88. The van der Waals surface area contributed by atoms with Crippen LogP contribution in [-0.4, -0.2) is 46.8 Å². The normalized spacial score (nSPS) is 20.0. The Morgan fingerprint density at radius 2 is 1.52 bits per heavy atom. The van der Waals surface area contributed by atoms with Gasteiger partial charge in [-0.05, 0) is 37.1 Å². The van der Waals surface area contributed by atoms with Gasteiger partial charge in [0.05, 0.1) is 18.1 Å². The highest BCUT2D eigenvalue weighted by Crippen LogP contribution is 2.38. The van der Waals surface area contributed by atoms with E-state index in [1.807, 2.05) is 9.80 Å². The Hall–Kier alpha value is -2.50. The minimum absolute atomic E-state index is 0.0722. The molecule has 4 rings (SSSR count). The number of hydrogen-bond acceptors (Lipinski definition) is 4. The maximum atomic E-state index is 12.9. The Balaban J connectivity index is 1.60. The molecule has 2 aliphatic rings. The van der Waals surface area contributed by atoms with Gasteiger partial charge in [-0.3, -0.25) is 9.59 Å². The molecule has 0 radical (unpaired) electrons. The van der Waals surface area contributed by atoms with Gasteiger partial charge in [0.1, 0.15) is 0 Å². The van der Waals surface area contributed by atoms with E-state index in [9.17, 15) is 9.59 Å². The fourth-order valence-corrected chi connectivity index (χ4v) is 4.20. The van der Waals surface area contributed by atoms with E-state index in [1.165, 1.54) is 18.9 Å². The second kappa shape index (κ2) is 6.43. The van der Waals surface area contributed by atoms with Crippen molar-refractivity contribution in [3.63, 3.8) is 0 Å². The summed E-state index contributed by atoms with van der Waals surface area (Å²) in [6, 6.07) is 6.85. The summed E-state index contributed by atoms with van der Waals surface area (Å²) in [4.78, 5) is 29.4. The number of furan rings is 2. The fraction of sp³-hybridized carbons (Fsp3) is 0.474. The molecule has 6 nitrogen and oxygen atoms in total. The van der Waals surface area contributed by atoms with Crippen LogP contribution in [0.2, 0.25) is 0 Å². The molecule has 1 aliphatic carbocycles. The van der Waals surface area contributed by atoms with Crippen molar-refractivity contribution in [2.75, 3.05) is 19.6 Å². The second-order valence-electron chi connectivity index (χ2n) is 6.92. The number of amides is 2. The van der Waals surface area contributed by atoms with Gasteiger partial charge in [0, 0.05) is 19.6 Å². The number of hydrogen-bond donors (Lipinski definition) is 0. The van der Waals surface area contributed by atoms with E-state index < -0.39 is 0 Å². The molecule has 0 unspecified atom stereocenters. The van der Waals surface area contributed by atoms with Gasteiger partial charge >= 0.3 is 0 Å². The van der Waals surface area contributed by atoms with Gasteiger partial charge in [0.25, 0.3) is 11.8 Å². The molecular formula is C19H22N2O4. The fourth-order valence-electron chi connectivity index (χ4n) is 4.20. The Morgan fingerprint density at radius 3 is 2.12 bits per heavy atom. The molecule has 1 saturated heterocycles. The largest absolute Gasteiger partial charge is 0.459 e. The van der Waals surface area contributed by atoms with Gasteiger partial charge in [0.2, 0.25) is 0 Å². The van der Waals surface area contributed by atoms with Gasteiger partial charge in [-0.15, -0.1) is 0 Å². The van der Waals surface area contributed by atoms with E-state index in [0.29, 0.717) is 31.2 Å². The van der Waals surface area contributed by atoms with Crippen LogP contribution in [0.3, 0.4) is 0 Å². The highest BCUT2D eigenvalue weighted by atomic mass is 16.3. The number of carbonyl (C=O) groups excluding carboxylic acids is 2. The van der Waals surface area contributed by atoms with Crippen LogP contribution in [0, 0.1) is 0 Å². The zero-order chi connectivity index (χ0) is 17.3. The van der Waals surface area contributed by atoms with E-state index in [4.69, 9.17) is 8.83 Å². The van der Waals surface area contributed by atoms with Crippen molar-refractivity contribution in [3.05, 3.63) is 48.3 Å². The third-order valence-electron chi connectivity index (χ3n) is 5.43. The molecule has 1 spiro atoms. The minimum Gasteiger partial charge on any atom is -0.459 e. The molecule has 132 valence electrons. The first-order valence-corrected chi connectivity index (χ1v) is 8.88. The number of carbonyl (C=O) groups is 2. The molecule has 2 fully saturated rings. The smallest absolute Gasteiger partial charge is 0.290 e. The van der Waals surface area contributed by atoms with Gasteiger partial charge in [-0.1, -0.05) is 19.3 Å². The molecule has 2 aromatic heterocycles. The molecular weight excluding hydrogens is 320 g/mol. The maximum Gasteiger partial charge on any atom is 0.290 e. The lowest BCUT2D eigenvalue weighted by atomic mass is 9.78. The van der Waals surface area contributed by atoms with Crippen LogP contribution < -0.4 is 0 Å². The Labute approximate surface area is 146 Å². The van der Waals surface area contributed by atoms with Crippen LogP contribution in [0.15, 0.2) is 45.6 Å². The zero-order valence-corrected chi connectivity index (χ0v) is 14.1. The maximum absolute atomic E-state index is 12.9. The first kappa shape index (κ1) is 16.0. The van der Waals surface area contributed by atoms with Gasteiger partial charge in [0.15, 0.2) is 11.5 Å². The van der Waals surface area contributed by atoms with Crippen LogP contribution in [0.5, 0.6) is 0 Å². The van der Waals surface area contributed by atoms with Gasteiger partial charge in [-0.25, -0.2) is 0 Å². The molecule has 25 heavy (non-hydrogen) atoms. The monoisotopic (exact) mass is 342 g/mol. The van der Waals surface area contributed by atoms with Crippen molar-refractivity contribution in [1.29, 1.82) is 0 Å². The summed E-state index contributed by atoms with van der Waals surface area (Å²) in [5, 5.41) is 0. The zero-order valence-electron chi connectivity index (χ0n) is 14.1. The Bertz CT molecular complexity index is 730. The molecule has 1 saturated carbocycles. The molecule has 0 aromatic carbocycles. The van der Waals surface area contributed by atoms with Crippen LogP contribution in [0.1, 0.15) is 53.2 Å². The number of piperazine rings is 1. The van der Waals surface area contributed by atoms with Crippen molar-refractivity contribution < 1.29 is 18.4 Å². The van der Waals surface area contributed by atoms with E-state index in [-0.39, 0.29) is 17.4 Å². The lowest BCUT2D eigenvalue weighted by Crippen LogP contribution is -2.65. The van der Waals surface area contributed by atoms with Crippen molar-refractivity contribution in [2.45, 2.75) is 37.6 Å². The van der Waals surface area contributed by atoms with Crippen molar-refractivity contribution in [1.82, 2.24) is 9.80 Å². The lowest BCUT2D eigenvalue weighted by Gasteiger charge is -2.52. The highest BCUT2D eigenvalue weighted by molar-refractivity contribution is 5.94. The molecule has 0 N–H and O–H groups in total. The van der Waals surface area contributed by atoms with Crippen LogP contribution in [0.4, 0.5) is 0 Å². The third-order valence-corrected chi connectivity index (χ3v) is 5.43. The average Bonchev–Trinajstić information content (AvgIpc) is 3.35. The van der Waals surface area contributed by atoms with E-state index >= 15 is 0 Å². The SMILES string of the molecule is O=C(c1ccco1)N1CCN(C(=O)c2ccco2)C2(CCCCC2)C1. The Morgan fingerprint density at radius 1 is 0.880 bits per heavy atom. The average molecular weight is 342 g/mol. The van der Waals surface area contributed by atoms with Crippen molar-refractivity contribution in [2.24, 2.45) is 0 Å². The molecule has 6 heteroatoms. The Kier molecular flexibility index (Phi) is 4.11. The van der Waals surface area contributed by atoms with E-state index in [0.717, 1.165) is 25.7 Å². The summed E-state index contributed by atoms with van der Waals surface area (Å²) < 4.78 is 10.6. The second-order valence-corrected chi connectivity index (χ2v) is 6.92. The molecule has 0 atom stereocenters. The summed E-state index contributed by atoms with van der Waals surface area (Å²) >= 11 is 0. The van der Waals surface area contributed by atoms with Crippen molar-refractivity contribution >= 4 is 11.8 Å². The summed E-state index contributed by atoms with van der Waals surface area (Å²) in [5.74, 6) is 0.560. The van der Waals surface area contributed by atoms with Gasteiger partial charge in [-0.2, -0.15) is 0 Å². The van der Waals surface area contributed by atoms with Crippen LogP contribution >= 0.6 is 0 Å². The standard InChI is InChI=1S/C19H22N2O4/c22-17(15-6-4-12-24-15)20-10-11-21(18(23)16-7-5-13-25-16)19(14-20)8-2-1-3-9-19/h4-7,12-13H,1-3,8-11,14H2. The topological polar surface area (TPSA) is 66.9 Å². The van der Waals surface area contributed by atoms with E-state index in [2.05, 4.69) is 0 Å². The first-order chi connectivity index (χ1) is 12.2. The summed E-state index contributed by atoms with van der Waals surface area (Å²) in [5.41, 5.74) is -0.303. The molecule has 2 amide bonds. The molecule has 0 bridgehead atoms. The molecule has 3 heterocycles. The predicted octanol–water partition coefficient (Wildman–Crippen LogP) is 3.17. The van der Waals surface area contributed by atoms with E-state index in [1.54, 1.807) is 24.3 Å². The number of rotatable bonds is 2. The minimum atomic E-state index is -0.303. The third kappa shape index (κ3) is 2.86. The lowest BCUT2D eigenvalue weighted by molar-refractivity contribution is -0.0134. The highest BCUT2D eigenvalue weighted by Gasteiger charge is 2.46. The van der Waals surface area contributed by atoms with Crippen LogP contribution in [-0.2, 0) is 0 Å². The van der Waals surface area contributed by atoms with Crippen LogP contribution in [0.25, 0.3) is 0 Å². The van der Waals surface area contributed by atoms with Gasteiger partial charge < -0.3 is 18.6 Å². The van der Waals surface area contributed by atoms with Crippen molar-refractivity contribution in [3.8, 4) is 0 Å². The molecule has 2 aromatic rings. The molecule has 1 aliphatic heterocycles. The summed E-state index contributed by atoms with van der Waals surface area (Å²) in [7, 11) is 0. The summed E-state index contributed by atoms with van der Waals surface area (Å²) in [6.45, 7) is 1.58. The number of nitrogens with zero attached hydrogens (tertiary/aromatic N) is 2. The summed E-state index contributed by atoms with van der Waals surface area (Å²) in [6.07, 6.45) is 8.20.